The third-order valence-corrected chi connectivity index (χ3v) is 7.62. The summed E-state index contributed by atoms with van der Waals surface area (Å²) in [6.45, 7) is 2.00. The van der Waals surface area contributed by atoms with Crippen molar-refractivity contribution in [3.8, 4) is 16.9 Å². The topological polar surface area (TPSA) is 127 Å². The number of fused-ring (bicyclic) bond motifs is 4. The number of hydrogen-bond donors (Lipinski definition) is 2. The first kappa shape index (κ1) is 25.3. The number of aromatic nitrogens is 2. The van der Waals surface area contributed by atoms with Crippen LogP contribution in [0.2, 0.25) is 0 Å². The van der Waals surface area contributed by atoms with Crippen molar-refractivity contribution in [3.63, 3.8) is 0 Å². The van der Waals surface area contributed by atoms with Gasteiger partial charge in [-0.3, -0.25) is 19.6 Å². The SMILES string of the molecule is C[C@@H]1COc2ccccc2-c2cncc(c2)S(=O)(=O)CCCC[C@H](NC(=O)c2cccnc2)C(=O)N1. The highest BCUT2D eigenvalue weighted by Gasteiger charge is 2.24. The lowest BCUT2D eigenvalue weighted by molar-refractivity contribution is -0.124. The van der Waals surface area contributed by atoms with Crippen molar-refractivity contribution >= 4 is 21.7 Å². The number of nitrogens with zero attached hydrogens (tertiary/aromatic N) is 2. The predicted octanol–water partition coefficient (Wildman–Crippen LogP) is 2.78. The van der Waals surface area contributed by atoms with Gasteiger partial charge in [-0.05, 0) is 50.5 Å². The Bertz CT molecular complexity index is 1330. The molecule has 0 aliphatic carbocycles. The van der Waals surface area contributed by atoms with Gasteiger partial charge in [-0.25, -0.2) is 8.42 Å². The molecular formula is C26H28N4O5S. The molecule has 0 spiro atoms. The molecule has 0 saturated carbocycles. The third kappa shape index (κ3) is 6.25. The molecule has 3 heterocycles. The maximum atomic E-state index is 13.1. The molecule has 1 aliphatic rings. The molecule has 0 radical (unpaired) electrons. The summed E-state index contributed by atoms with van der Waals surface area (Å²) in [7, 11) is -3.59. The Morgan fingerprint density at radius 1 is 1.08 bits per heavy atom. The van der Waals surface area contributed by atoms with Gasteiger partial charge in [-0.2, -0.15) is 0 Å². The molecule has 0 saturated heterocycles. The Labute approximate surface area is 210 Å². The average Bonchev–Trinajstić information content (AvgIpc) is 2.89. The van der Waals surface area contributed by atoms with E-state index in [2.05, 4.69) is 20.6 Å². The molecule has 2 N–H and O–H groups in total. The highest BCUT2D eigenvalue weighted by molar-refractivity contribution is 7.91. The second-order valence-corrected chi connectivity index (χ2v) is 10.8. The van der Waals surface area contributed by atoms with Crippen molar-refractivity contribution in [1.82, 2.24) is 20.6 Å². The molecule has 10 heteroatoms. The van der Waals surface area contributed by atoms with Gasteiger partial charge in [0.05, 0.1) is 22.3 Å². The van der Waals surface area contributed by atoms with Crippen molar-refractivity contribution in [2.45, 2.75) is 43.2 Å². The van der Waals surface area contributed by atoms with Gasteiger partial charge < -0.3 is 15.4 Å². The van der Waals surface area contributed by atoms with Crippen molar-refractivity contribution in [2.24, 2.45) is 0 Å². The van der Waals surface area contributed by atoms with Crippen LogP contribution in [0.25, 0.3) is 11.1 Å². The smallest absolute Gasteiger partial charge is 0.253 e. The highest BCUT2D eigenvalue weighted by Crippen LogP contribution is 2.31. The van der Waals surface area contributed by atoms with Crippen LogP contribution in [-0.2, 0) is 14.6 Å². The molecule has 2 atom stereocenters. The van der Waals surface area contributed by atoms with Gasteiger partial charge in [0, 0.05) is 35.9 Å². The fourth-order valence-electron chi connectivity index (χ4n) is 3.93. The summed E-state index contributed by atoms with van der Waals surface area (Å²) in [5.41, 5.74) is 1.67. The molecule has 4 rings (SSSR count). The van der Waals surface area contributed by atoms with Gasteiger partial charge in [0.15, 0.2) is 9.84 Å². The Morgan fingerprint density at radius 2 is 1.92 bits per heavy atom. The zero-order valence-electron chi connectivity index (χ0n) is 19.9. The Balaban J connectivity index is 1.60. The van der Waals surface area contributed by atoms with Crippen LogP contribution < -0.4 is 15.4 Å². The molecule has 9 nitrogen and oxygen atoms in total. The zero-order valence-corrected chi connectivity index (χ0v) is 20.7. The first-order valence-corrected chi connectivity index (χ1v) is 13.4. The Hall–Kier alpha value is -3.79. The van der Waals surface area contributed by atoms with Crippen LogP contribution in [0.5, 0.6) is 5.75 Å². The number of carbonyl (C=O) groups is 2. The first-order valence-electron chi connectivity index (χ1n) is 11.7. The number of hydrogen-bond acceptors (Lipinski definition) is 7. The van der Waals surface area contributed by atoms with E-state index in [9.17, 15) is 18.0 Å². The Morgan fingerprint density at radius 3 is 2.72 bits per heavy atom. The van der Waals surface area contributed by atoms with Crippen LogP contribution in [0.15, 0.2) is 72.1 Å². The normalized spacial score (nSPS) is 20.3. The number of para-hydroxylation sites is 1. The predicted molar refractivity (Wildman–Crippen MR) is 134 cm³/mol. The summed E-state index contributed by atoms with van der Waals surface area (Å²) in [5.74, 6) is -0.340. The standard InChI is InChI=1S/C26H28N4O5S/c1-18-17-35-24-10-3-2-8-22(24)20-13-21(16-28-15-20)36(33,34)12-5-4-9-23(26(32)29-18)30-25(31)19-7-6-11-27-14-19/h2-3,6-8,10-11,13-16,18,23H,4-5,9,12,17H2,1H3,(H,29,32)(H,30,31)/t18-,23+/m1/s1. The number of rotatable bonds is 2. The molecule has 3 aromatic rings. The van der Waals surface area contributed by atoms with Crippen molar-refractivity contribution < 1.29 is 22.7 Å². The molecule has 2 aromatic heterocycles. The first-order chi connectivity index (χ1) is 17.3. The van der Waals surface area contributed by atoms with Crippen molar-refractivity contribution in [3.05, 3.63) is 72.8 Å². The van der Waals surface area contributed by atoms with Gasteiger partial charge >= 0.3 is 0 Å². The van der Waals surface area contributed by atoms with Gasteiger partial charge in [-0.15, -0.1) is 0 Å². The number of ether oxygens (including phenoxy) is 1. The van der Waals surface area contributed by atoms with E-state index in [1.54, 1.807) is 36.7 Å². The summed E-state index contributed by atoms with van der Waals surface area (Å²) in [6, 6.07) is 10.9. The molecule has 188 valence electrons. The monoisotopic (exact) mass is 508 g/mol. The minimum Gasteiger partial charge on any atom is -0.491 e. The number of benzene rings is 1. The van der Waals surface area contributed by atoms with Crippen LogP contribution in [0, 0.1) is 0 Å². The average molecular weight is 509 g/mol. The minimum absolute atomic E-state index is 0.0996. The molecule has 1 aromatic carbocycles. The summed E-state index contributed by atoms with van der Waals surface area (Å²) in [6.07, 6.45) is 6.96. The van der Waals surface area contributed by atoms with Crippen molar-refractivity contribution in [1.29, 1.82) is 0 Å². The lowest BCUT2D eigenvalue weighted by atomic mass is 10.1. The highest BCUT2D eigenvalue weighted by atomic mass is 32.2. The van der Waals surface area contributed by atoms with Gasteiger partial charge in [0.1, 0.15) is 18.4 Å². The Kier molecular flexibility index (Phi) is 7.94. The molecule has 0 unspecified atom stereocenters. The van der Waals surface area contributed by atoms with E-state index in [1.165, 1.54) is 12.4 Å². The number of carbonyl (C=O) groups excluding carboxylic acids is 2. The maximum absolute atomic E-state index is 13.1. The molecule has 0 fully saturated rings. The maximum Gasteiger partial charge on any atom is 0.253 e. The molecule has 2 bridgehead atoms. The van der Waals surface area contributed by atoms with E-state index in [0.29, 0.717) is 35.3 Å². The van der Waals surface area contributed by atoms with Gasteiger partial charge in [-0.1, -0.05) is 18.2 Å². The van der Waals surface area contributed by atoms with Crippen LogP contribution in [0.3, 0.4) is 0 Å². The third-order valence-electron chi connectivity index (χ3n) is 5.85. The fourth-order valence-corrected chi connectivity index (χ4v) is 5.28. The van der Waals surface area contributed by atoms with E-state index >= 15 is 0 Å². The van der Waals surface area contributed by atoms with E-state index < -0.39 is 21.8 Å². The number of nitrogens with one attached hydrogen (secondary N) is 2. The van der Waals surface area contributed by atoms with E-state index in [0.717, 1.165) is 0 Å². The lowest BCUT2D eigenvalue weighted by Crippen LogP contribution is -2.50. The fraction of sp³-hybridized carbons (Fsp3) is 0.308. The molecule has 2 amide bonds. The molecule has 1 aliphatic heterocycles. The number of pyridine rings is 2. The van der Waals surface area contributed by atoms with Crippen LogP contribution in [0.1, 0.15) is 36.5 Å². The van der Waals surface area contributed by atoms with E-state index in [1.807, 2.05) is 25.1 Å². The van der Waals surface area contributed by atoms with Crippen LogP contribution >= 0.6 is 0 Å². The summed E-state index contributed by atoms with van der Waals surface area (Å²) >= 11 is 0. The summed E-state index contributed by atoms with van der Waals surface area (Å²) in [5, 5.41) is 5.65. The number of sulfone groups is 1. The van der Waals surface area contributed by atoms with Gasteiger partial charge in [0.25, 0.3) is 5.91 Å². The number of amides is 2. The largest absolute Gasteiger partial charge is 0.491 e. The quantitative estimate of drug-likeness (QED) is 0.545. The van der Waals surface area contributed by atoms with Crippen LogP contribution in [-0.4, -0.2) is 54.6 Å². The lowest BCUT2D eigenvalue weighted by Gasteiger charge is -2.22. The van der Waals surface area contributed by atoms with E-state index in [4.69, 9.17) is 4.74 Å². The van der Waals surface area contributed by atoms with Crippen LogP contribution in [0.4, 0.5) is 0 Å². The second-order valence-electron chi connectivity index (χ2n) is 8.71. The molecule has 36 heavy (non-hydrogen) atoms. The summed E-state index contributed by atoms with van der Waals surface area (Å²) in [4.78, 5) is 34.0. The van der Waals surface area contributed by atoms with E-state index in [-0.39, 0.29) is 35.6 Å². The molecular weight excluding hydrogens is 480 g/mol. The second kappa shape index (κ2) is 11.3. The van der Waals surface area contributed by atoms with Crippen molar-refractivity contribution in [2.75, 3.05) is 12.4 Å². The minimum atomic E-state index is -3.59. The van der Waals surface area contributed by atoms with Gasteiger partial charge in [0.2, 0.25) is 5.91 Å². The summed E-state index contributed by atoms with van der Waals surface area (Å²) < 4.78 is 32.0. The zero-order chi connectivity index (χ0) is 25.5.